The van der Waals surface area contributed by atoms with Crippen LogP contribution in [0.5, 0.6) is 0 Å². The number of aliphatic carboxylic acids is 1. The molecule has 6 heteroatoms. The van der Waals surface area contributed by atoms with Gasteiger partial charge in [-0.3, -0.25) is 4.79 Å². The van der Waals surface area contributed by atoms with E-state index in [4.69, 9.17) is 9.63 Å². The van der Waals surface area contributed by atoms with Gasteiger partial charge in [0.1, 0.15) is 11.8 Å². The van der Waals surface area contributed by atoms with Crippen molar-refractivity contribution in [2.45, 2.75) is 45.1 Å². The second kappa shape index (κ2) is 5.42. The average molecular weight is 266 g/mol. The lowest BCUT2D eigenvalue weighted by Crippen LogP contribution is -2.41. The van der Waals surface area contributed by atoms with Crippen molar-refractivity contribution in [2.75, 3.05) is 0 Å². The van der Waals surface area contributed by atoms with Gasteiger partial charge >= 0.3 is 5.97 Å². The highest BCUT2D eigenvalue weighted by Gasteiger charge is 2.29. The maximum Gasteiger partial charge on any atom is 0.326 e. The first-order valence-corrected chi connectivity index (χ1v) is 6.47. The third kappa shape index (κ3) is 3.56. The minimum absolute atomic E-state index is 0.150. The summed E-state index contributed by atoms with van der Waals surface area (Å²) in [5.74, 6) is -0.265. The molecule has 0 bridgehead atoms. The molecule has 0 aliphatic heterocycles. The number of carboxylic acids is 1. The number of nitrogens with zero attached hydrogens (tertiary/aromatic N) is 1. The van der Waals surface area contributed by atoms with Gasteiger partial charge < -0.3 is 14.9 Å². The van der Waals surface area contributed by atoms with E-state index in [1.54, 1.807) is 6.07 Å². The Morgan fingerprint density at radius 1 is 1.53 bits per heavy atom. The summed E-state index contributed by atoms with van der Waals surface area (Å²) in [5.41, 5.74) is 0.150. The van der Waals surface area contributed by atoms with Crippen LogP contribution < -0.4 is 5.32 Å². The van der Waals surface area contributed by atoms with Crippen LogP contribution in [0.3, 0.4) is 0 Å². The lowest BCUT2D eigenvalue weighted by molar-refractivity contribution is -0.139. The number of carbonyl (C=O) groups excluding carboxylic acids is 1. The van der Waals surface area contributed by atoms with Crippen LogP contribution in [0.1, 0.15) is 55.3 Å². The molecular weight excluding hydrogens is 248 g/mol. The van der Waals surface area contributed by atoms with Crippen LogP contribution in [-0.2, 0) is 4.79 Å². The highest BCUT2D eigenvalue weighted by Crippen LogP contribution is 2.40. The number of hydrogen-bond acceptors (Lipinski definition) is 4. The second-order valence-corrected chi connectivity index (χ2v) is 5.38. The summed E-state index contributed by atoms with van der Waals surface area (Å²) in [6.45, 7) is 3.81. The third-order valence-corrected chi connectivity index (χ3v) is 3.05. The third-order valence-electron chi connectivity index (χ3n) is 3.05. The molecule has 104 valence electrons. The number of rotatable bonds is 6. The lowest BCUT2D eigenvalue weighted by atomic mass is 10.0. The van der Waals surface area contributed by atoms with Crippen molar-refractivity contribution in [3.63, 3.8) is 0 Å². The maximum atomic E-state index is 11.9. The van der Waals surface area contributed by atoms with Gasteiger partial charge in [-0.15, -0.1) is 0 Å². The fourth-order valence-corrected chi connectivity index (χ4v) is 1.88. The van der Waals surface area contributed by atoms with E-state index in [1.165, 1.54) is 0 Å². The van der Waals surface area contributed by atoms with Crippen LogP contribution in [0.25, 0.3) is 0 Å². The Morgan fingerprint density at radius 2 is 2.21 bits per heavy atom. The highest BCUT2D eigenvalue weighted by molar-refractivity contribution is 5.94. The molecule has 1 fully saturated rings. The molecular formula is C13H18N2O4. The Kier molecular flexibility index (Phi) is 3.87. The molecule has 0 unspecified atom stereocenters. The van der Waals surface area contributed by atoms with Crippen molar-refractivity contribution in [1.29, 1.82) is 0 Å². The summed E-state index contributed by atoms with van der Waals surface area (Å²) in [7, 11) is 0. The summed E-state index contributed by atoms with van der Waals surface area (Å²) in [6, 6.07) is 0.704. The van der Waals surface area contributed by atoms with E-state index < -0.39 is 17.9 Å². The molecule has 2 rings (SSSR count). The zero-order chi connectivity index (χ0) is 14.0. The van der Waals surface area contributed by atoms with Gasteiger partial charge in [-0.25, -0.2) is 4.79 Å². The van der Waals surface area contributed by atoms with Gasteiger partial charge in [0.2, 0.25) is 0 Å². The van der Waals surface area contributed by atoms with E-state index in [0.29, 0.717) is 18.1 Å². The van der Waals surface area contributed by atoms with Crippen LogP contribution in [0.4, 0.5) is 0 Å². The molecule has 1 aliphatic carbocycles. The van der Waals surface area contributed by atoms with E-state index in [1.807, 2.05) is 13.8 Å². The molecule has 19 heavy (non-hydrogen) atoms. The van der Waals surface area contributed by atoms with Crippen molar-refractivity contribution in [1.82, 2.24) is 10.5 Å². The fraction of sp³-hybridized carbons (Fsp3) is 0.615. The summed E-state index contributed by atoms with van der Waals surface area (Å²) >= 11 is 0. The number of amides is 1. The molecule has 0 spiro atoms. The van der Waals surface area contributed by atoms with Crippen LogP contribution >= 0.6 is 0 Å². The minimum Gasteiger partial charge on any atom is -0.480 e. The van der Waals surface area contributed by atoms with E-state index in [0.717, 1.165) is 12.8 Å². The molecule has 1 heterocycles. The Bertz CT molecular complexity index is 477. The molecule has 0 saturated heterocycles. The van der Waals surface area contributed by atoms with Gasteiger partial charge in [0.25, 0.3) is 5.91 Å². The van der Waals surface area contributed by atoms with Crippen molar-refractivity contribution in [3.05, 3.63) is 17.5 Å². The zero-order valence-corrected chi connectivity index (χ0v) is 11.0. The quantitative estimate of drug-likeness (QED) is 0.818. The van der Waals surface area contributed by atoms with Gasteiger partial charge in [0.05, 0.1) is 0 Å². The summed E-state index contributed by atoms with van der Waals surface area (Å²) in [4.78, 5) is 23.0. The molecule has 2 N–H and O–H groups in total. The molecule has 1 aliphatic rings. The van der Waals surface area contributed by atoms with Gasteiger partial charge in [-0.2, -0.15) is 0 Å². The van der Waals surface area contributed by atoms with Crippen molar-refractivity contribution < 1.29 is 19.2 Å². The molecule has 1 aromatic rings. The van der Waals surface area contributed by atoms with Crippen LogP contribution in [-0.4, -0.2) is 28.2 Å². The van der Waals surface area contributed by atoms with E-state index in [9.17, 15) is 9.59 Å². The topological polar surface area (TPSA) is 92.4 Å². The number of carbonyl (C=O) groups is 2. The first-order valence-electron chi connectivity index (χ1n) is 6.47. The normalized spacial score (nSPS) is 16.4. The molecule has 0 radical (unpaired) electrons. The second-order valence-electron chi connectivity index (χ2n) is 5.38. The zero-order valence-electron chi connectivity index (χ0n) is 11.0. The van der Waals surface area contributed by atoms with E-state index >= 15 is 0 Å². The van der Waals surface area contributed by atoms with Gasteiger partial charge in [-0.1, -0.05) is 19.0 Å². The van der Waals surface area contributed by atoms with Gasteiger partial charge in [0.15, 0.2) is 5.69 Å². The van der Waals surface area contributed by atoms with Crippen LogP contribution in [0.2, 0.25) is 0 Å². The number of carboxylic acid groups (broad SMARTS) is 1. The summed E-state index contributed by atoms with van der Waals surface area (Å²) < 4.78 is 5.07. The van der Waals surface area contributed by atoms with E-state index in [-0.39, 0.29) is 11.6 Å². The molecule has 1 saturated carbocycles. The monoisotopic (exact) mass is 266 g/mol. The molecule has 6 nitrogen and oxygen atoms in total. The Hall–Kier alpha value is -1.85. The van der Waals surface area contributed by atoms with E-state index in [2.05, 4.69) is 10.5 Å². The Balaban J connectivity index is 1.98. The maximum absolute atomic E-state index is 11.9. The van der Waals surface area contributed by atoms with Crippen LogP contribution in [0.15, 0.2) is 10.6 Å². The fourth-order valence-electron chi connectivity index (χ4n) is 1.88. The number of hydrogen-bond donors (Lipinski definition) is 2. The highest BCUT2D eigenvalue weighted by atomic mass is 16.5. The average Bonchev–Trinajstić information content (AvgIpc) is 3.05. The minimum atomic E-state index is -1.03. The van der Waals surface area contributed by atoms with Gasteiger partial charge in [-0.05, 0) is 25.2 Å². The summed E-state index contributed by atoms with van der Waals surface area (Å²) in [5, 5.41) is 15.2. The largest absolute Gasteiger partial charge is 0.480 e. The molecule has 0 aromatic carbocycles. The number of nitrogens with one attached hydrogen (secondary N) is 1. The Morgan fingerprint density at radius 3 is 2.74 bits per heavy atom. The van der Waals surface area contributed by atoms with Crippen molar-refractivity contribution in [2.24, 2.45) is 5.92 Å². The standard InChI is InChI=1S/C13H18N2O4/c1-7(2)5-10(13(17)18)14-12(16)9-6-11(19-15-9)8-3-4-8/h6-8,10H,3-5H2,1-2H3,(H,14,16)(H,17,18)/t10-/m0/s1. The van der Waals surface area contributed by atoms with Crippen molar-refractivity contribution in [3.8, 4) is 0 Å². The molecule has 1 aromatic heterocycles. The molecule has 1 amide bonds. The predicted molar refractivity (Wildman–Crippen MR) is 66.8 cm³/mol. The molecule has 1 atom stereocenters. The smallest absolute Gasteiger partial charge is 0.326 e. The predicted octanol–water partition coefficient (Wildman–Crippen LogP) is 1.78. The Labute approximate surface area is 111 Å². The van der Waals surface area contributed by atoms with Crippen molar-refractivity contribution >= 4 is 11.9 Å². The summed E-state index contributed by atoms with van der Waals surface area (Å²) in [6.07, 6.45) is 2.50. The van der Waals surface area contributed by atoms with Crippen LogP contribution in [0, 0.1) is 5.92 Å². The van der Waals surface area contributed by atoms with Gasteiger partial charge in [0, 0.05) is 12.0 Å². The number of aromatic nitrogens is 1. The lowest BCUT2D eigenvalue weighted by Gasteiger charge is -2.15. The first-order chi connectivity index (χ1) is 8.97. The first kappa shape index (κ1) is 13.6. The SMILES string of the molecule is CC(C)C[C@H](NC(=O)c1cc(C2CC2)on1)C(=O)O.